The molecule has 4 aromatic rings. The van der Waals surface area contributed by atoms with Crippen molar-refractivity contribution in [1.82, 2.24) is 4.98 Å². The Balaban J connectivity index is 1.77. The molecule has 0 aliphatic rings. The van der Waals surface area contributed by atoms with Gasteiger partial charge in [0.1, 0.15) is 11.3 Å². The van der Waals surface area contributed by atoms with E-state index in [1.807, 2.05) is 60.7 Å². The molecule has 0 aliphatic heterocycles. The van der Waals surface area contributed by atoms with Gasteiger partial charge in [0.25, 0.3) is 0 Å². The summed E-state index contributed by atoms with van der Waals surface area (Å²) >= 11 is -7.74. The van der Waals surface area contributed by atoms with E-state index in [0.717, 1.165) is 22.4 Å². The van der Waals surface area contributed by atoms with Crippen LogP contribution in [0.3, 0.4) is 0 Å². The maximum absolute atomic E-state index is 6.31. The lowest BCUT2D eigenvalue weighted by Crippen LogP contribution is -2.44. The van der Waals surface area contributed by atoms with Crippen molar-refractivity contribution in [3.63, 3.8) is 0 Å². The van der Waals surface area contributed by atoms with E-state index in [1.165, 1.54) is 28.4 Å². The molecule has 188 valence electrons. The highest BCUT2D eigenvalue weighted by atomic mass is 27.4. The Morgan fingerprint density at radius 3 is 1.65 bits per heavy atom. The van der Waals surface area contributed by atoms with Crippen LogP contribution in [0.5, 0.6) is 5.75 Å². The van der Waals surface area contributed by atoms with Gasteiger partial charge in [-0.05, 0) is 48.5 Å². The fourth-order valence-corrected chi connectivity index (χ4v) is 9.08. The minimum absolute atomic E-state index is 0.525. The molecule has 1 heterocycles. The van der Waals surface area contributed by atoms with Crippen molar-refractivity contribution in [2.24, 2.45) is 0 Å². The monoisotopic (exact) mass is 548 g/mol. The summed E-state index contributed by atoms with van der Waals surface area (Å²) < 4.78 is 39.6. The number of para-hydroxylation sites is 2. The number of fused-ring (bicyclic) bond motifs is 1. The SMILES string of the molecule is C[O][Al]([O]C)[O][Al]([O]c1ccc(N(c2ccccc2)c2ccccc2)c2cccnc12)[O][Al]([O]C)[O]C. The summed E-state index contributed by atoms with van der Waals surface area (Å²) in [7, 11) is 6.11. The van der Waals surface area contributed by atoms with E-state index in [9.17, 15) is 0 Å². The maximum Gasteiger partial charge on any atom is 0.945 e. The Morgan fingerprint density at radius 2 is 1.14 bits per heavy atom. The second kappa shape index (κ2) is 14.3. The van der Waals surface area contributed by atoms with Crippen molar-refractivity contribution in [1.29, 1.82) is 0 Å². The van der Waals surface area contributed by atoms with E-state index in [0.29, 0.717) is 11.3 Å². The van der Waals surface area contributed by atoms with Gasteiger partial charge in [-0.15, -0.1) is 0 Å². The van der Waals surface area contributed by atoms with Crippen molar-refractivity contribution in [2.45, 2.75) is 0 Å². The van der Waals surface area contributed by atoms with Gasteiger partial charge in [0.2, 0.25) is 0 Å². The van der Waals surface area contributed by atoms with E-state index in [-0.39, 0.29) is 0 Å². The molecule has 0 saturated heterocycles. The highest BCUT2D eigenvalue weighted by Gasteiger charge is 2.49. The smallest absolute Gasteiger partial charge is 0.599 e. The average molecular weight is 548 g/mol. The fourth-order valence-electron chi connectivity index (χ4n) is 3.79. The zero-order chi connectivity index (χ0) is 26.0. The van der Waals surface area contributed by atoms with Crippen LogP contribution in [0.1, 0.15) is 0 Å². The van der Waals surface area contributed by atoms with E-state index in [2.05, 4.69) is 34.1 Å². The normalized spacial score (nSPS) is 10.8. The van der Waals surface area contributed by atoms with E-state index >= 15 is 0 Å². The van der Waals surface area contributed by atoms with Gasteiger partial charge in [0.05, 0.1) is 5.69 Å². The van der Waals surface area contributed by atoms with E-state index in [4.69, 9.17) is 24.6 Å². The molecule has 9 nitrogen and oxygen atoms in total. The summed E-state index contributed by atoms with van der Waals surface area (Å²) in [5, 5.41) is 0.903. The van der Waals surface area contributed by atoms with Gasteiger partial charge in [-0.3, -0.25) is 4.98 Å². The quantitative estimate of drug-likeness (QED) is 0.222. The number of hydrogen-bond donors (Lipinski definition) is 0. The van der Waals surface area contributed by atoms with Crippen LogP contribution in [0.15, 0.2) is 91.1 Å². The second-order valence-corrected chi connectivity index (χ2v) is 13.7. The van der Waals surface area contributed by atoms with Gasteiger partial charge < -0.3 is 29.5 Å². The molecule has 3 aromatic carbocycles. The Bertz CT molecular complexity index is 1200. The number of nitrogens with zero attached hydrogens (tertiary/aromatic N) is 2. The summed E-state index contributed by atoms with van der Waals surface area (Å²) in [5.41, 5.74) is 3.67. The van der Waals surface area contributed by atoms with Gasteiger partial charge in [0, 0.05) is 51.4 Å². The first-order valence-electron chi connectivity index (χ1n) is 11.5. The third-order valence-electron chi connectivity index (χ3n) is 5.42. The van der Waals surface area contributed by atoms with Crippen LogP contribution in [0, 0.1) is 0 Å². The minimum Gasteiger partial charge on any atom is -0.599 e. The molecule has 12 heteroatoms. The molecule has 37 heavy (non-hydrogen) atoms. The first kappa shape index (κ1) is 28.0. The molecule has 0 aliphatic carbocycles. The topological polar surface area (TPSA) is 80.7 Å². The zero-order valence-corrected chi connectivity index (χ0v) is 24.6. The fraction of sp³-hybridized carbons (Fsp3) is 0.160. The average Bonchev–Trinajstić information content (AvgIpc) is 2.96. The summed E-state index contributed by atoms with van der Waals surface area (Å²) in [6, 6.07) is 28.2. The summed E-state index contributed by atoms with van der Waals surface area (Å²) in [4.78, 5) is 6.85. The lowest BCUT2D eigenvalue weighted by atomic mass is 10.1. The predicted molar refractivity (Wildman–Crippen MR) is 145 cm³/mol. The first-order valence-corrected chi connectivity index (χ1v) is 15.8. The van der Waals surface area contributed by atoms with Crippen LogP contribution < -0.4 is 8.69 Å². The van der Waals surface area contributed by atoms with Crippen LogP contribution in [-0.2, 0) is 20.8 Å². The Kier molecular flexibility index (Phi) is 10.8. The molecule has 1 aromatic heterocycles. The van der Waals surface area contributed by atoms with E-state index < -0.39 is 45.4 Å². The van der Waals surface area contributed by atoms with Crippen molar-refractivity contribution >= 4 is 73.4 Å². The van der Waals surface area contributed by atoms with E-state index in [1.54, 1.807) is 6.20 Å². The number of rotatable bonds is 13. The van der Waals surface area contributed by atoms with Gasteiger partial charge in [-0.25, -0.2) is 0 Å². The number of aromatic nitrogens is 1. The van der Waals surface area contributed by atoms with Crippen LogP contribution in [0.4, 0.5) is 17.1 Å². The zero-order valence-electron chi connectivity index (χ0n) is 21.1. The maximum atomic E-state index is 6.31. The Labute approximate surface area is 232 Å². The molecular formula is C25H27Al3N2O7. The minimum atomic E-state index is -2.84. The van der Waals surface area contributed by atoms with Crippen molar-refractivity contribution in [2.75, 3.05) is 33.3 Å². The molecule has 0 radical (unpaired) electrons. The highest BCUT2D eigenvalue weighted by molar-refractivity contribution is 6.58. The van der Waals surface area contributed by atoms with Crippen LogP contribution in [0.2, 0.25) is 0 Å². The standard InChI is InChI=1S/C21H16N2O.4CH3O.3Al.2O/c24-20-14-13-19(18-12-7-15-22-21(18)20)23(16-8-3-1-4-9-16)17-10-5-2-6-11-17;4*1-2;;;;;/h1-15,24H;4*1H3;;;;;/q;4*-1;+1;2*+2;;/p-1. The number of pyridine rings is 1. The second-order valence-electron chi connectivity index (χ2n) is 7.69. The number of hydrogen-bond acceptors (Lipinski definition) is 9. The number of benzene rings is 3. The van der Waals surface area contributed by atoms with Gasteiger partial charge in [-0.2, -0.15) is 0 Å². The third kappa shape index (κ3) is 7.12. The molecule has 0 N–H and O–H groups in total. The van der Waals surface area contributed by atoms with Crippen LogP contribution in [0.25, 0.3) is 10.9 Å². The predicted octanol–water partition coefficient (Wildman–Crippen LogP) is 4.66. The lowest BCUT2D eigenvalue weighted by molar-refractivity contribution is 0.139. The van der Waals surface area contributed by atoms with Gasteiger partial charge in [-0.1, -0.05) is 36.4 Å². The lowest BCUT2D eigenvalue weighted by Gasteiger charge is -2.27. The van der Waals surface area contributed by atoms with Gasteiger partial charge >= 0.3 is 45.4 Å². The highest BCUT2D eigenvalue weighted by Crippen LogP contribution is 2.40. The molecule has 0 atom stereocenters. The molecule has 0 saturated carbocycles. The molecule has 0 fully saturated rings. The van der Waals surface area contributed by atoms with Crippen molar-refractivity contribution in [3.8, 4) is 5.75 Å². The summed E-state index contributed by atoms with van der Waals surface area (Å²) in [5.74, 6) is 0.525. The largest absolute Gasteiger partial charge is 0.945 e. The Hall–Kier alpha value is -1.97. The molecule has 0 amide bonds. The number of anilines is 3. The molecule has 0 spiro atoms. The van der Waals surface area contributed by atoms with Crippen molar-refractivity contribution < 1.29 is 24.6 Å². The van der Waals surface area contributed by atoms with Crippen molar-refractivity contribution in [3.05, 3.63) is 91.1 Å². The molecular weight excluding hydrogens is 521 g/mol. The Morgan fingerprint density at radius 1 is 0.595 bits per heavy atom. The molecule has 0 bridgehead atoms. The first-order chi connectivity index (χ1) is 18.2. The summed E-state index contributed by atoms with van der Waals surface area (Å²) in [6.45, 7) is 0. The summed E-state index contributed by atoms with van der Waals surface area (Å²) in [6.07, 6.45) is 1.73. The van der Waals surface area contributed by atoms with Gasteiger partial charge in [0.15, 0.2) is 0 Å². The molecule has 0 unspecified atom stereocenters. The third-order valence-corrected chi connectivity index (χ3v) is 11.0. The van der Waals surface area contributed by atoms with Crippen LogP contribution in [-0.4, -0.2) is 78.9 Å². The molecule has 4 rings (SSSR count). The van der Waals surface area contributed by atoms with Crippen LogP contribution >= 0.6 is 0 Å².